The van der Waals surface area contributed by atoms with Crippen molar-refractivity contribution in [2.24, 2.45) is 0 Å². The van der Waals surface area contributed by atoms with E-state index >= 15 is 0 Å². The summed E-state index contributed by atoms with van der Waals surface area (Å²) in [5.74, 6) is 0.511. The third-order valence-electron chi connectivity index (χ3n) is 4.65. The smallest absolute Gasteiger partial charge is 0.263 e. The lowest BCUT2D eigenvalue weighted by atomic mass is 9.95. The van der Waals surface area contributed by atoms with Gasteiger partial charge in [0.2, 0.25) is 0 Å². The van der Waals surface area contributed by atoms with Gasteiger partial charge in [-0.05, 0) is 19.8 Å². The molecule has 0 spiro atoms. The number of anilines is 1. The lowest BCUT2D eigenvalue weighted by Gasteiger charge is -2.32. The van der Waals surface area contributed by atoms with Crippen LogP contribution in [0, 0.1) is 0 Å². The molecule has 4 rings (SSSR count). The van der Waals surface area contributed by atoms with Crippen molar-refractivity contribution in [3.63, 3.8) is 0 Å². The Balaban J connectivity index is 1.70. The number of hydrogen-bond donors (Lipinski definition) is 1. The molecule has 6 heteroatoms. The van der Waals surface area contributed by atoms with Crippen LogP contribution < -0.4 is 10.2 Å². The van der Waals surface area contributed by atoms with Crippen LogP contribution in [0.4, 0.5) is 5.13 Å². The standard InChI is InChI=1S/C14H19N3O2S/c1-8-7-19-6-5-17(8)14-16-11-9-3-2-4-10(9)15-13(18)12(11)20-14/h8-10H,2-7H2,1H3,(H,15,18). The fraction of sp³-hybridized carbons (Fsp3) is 0.714. The Hall–Kier alpha value is -1.14. The second-order valence-corrected chi connectivity index (χ2v) is 6.92. The molecule has 1 N–H and O–H groups in total. The lowest BCUT2D eigenvalue weighted by molar-refractivity contribution is 0.0924. The first-order chi connectivity index (χ1) is 9.74. The Bertz CT molecular complexity index is 545. The Kier molecular flexibility index (Phi) is 2.96. The summed E-state index contributed by atoms with van der Waals surface area (Å²) in [5.41, 5.74) is 1.05. The first kappa shape index (κ1) is 12.6. The van der Waals surface area contributed by atoms with Gasteiger partial charge in [-0.3, -0.25) is 4.79 Å². The molecule has 2 fully saturated rings. The molecule has 1 aromatic rings. The van der Waals surface area contributed by atoms with Gasteiger partial charge in [-0.1, -0.05) is 17.8 Å². The maximum atomic E-state index is 12.2. The maximum absolute atomic E-state index is 12.2. The minimum absolute atomic E-state index is 0.0767. The van der Waals surface area contributed by atoms with Gasteiger partial charge in [-0.2, -0.15) is 0 Å². The molecule has 20 heavy (non-hydrogen) atoms. The van der Waals surface area contributed by atoms with Crippen LogP contribution in [0.3, 0.4) is 0 Å². The van der Waals surface area contributed by atoms with Crippen molar-refractivity contribution < 1.29 is 9.53 Å². The average Bonchev–Trinajstić information content (AvgIpc) is 3.05. The Morgan fingerprint density at radius 1 is 1.45 bits per heavy atom. The van der Waals surface area contributed by atoms with Crippen LogP contribution in [0.5, 0.6) is 0 Å². The number of hydrogen-bond acceptors (Lipinski definition) is 5. The fourth-order valence-corrected chi connectivity index (χ4v) is 4.73. The number of thiazole rings is 1. The van der Waals surface area contributed by atoms with E-state index in [0.717, 1.165) is 48.3 Å². The maximum Gasteiger partial charge on any atom is 0.263 e. The largest absolute Gasteiger partial charge is 0.377 e. The third kappa shape index (κ3) is 1.85. The van der Waals surface area contributed by atoms with Gasteiger partial charge in [-0.25, -0.2) is 4.98 Å². The highest BCUT2D eigenvalue weighted by Gasteiger charge is 2.40. The van der Waals surface area contributed by atoms with Crippen molar-refractivity contribution in [3.8, 4) is 0 Å². The van der Waals surface area contributed by atoms with Crippen molar-refractivity contribution in [3.05, 3.63) is 10.6 Å². The number of amides is 1. The minimum Gasteiger partial charge on any atom is -0.377 e. The molecule has 1 saturated carbocycles. The molecule has 1 aromatic heterocycles. The number of rotatable bonds is 1. The van der Waals surface area contributed by atoms with Gasteiger partial charge < -0.3 is 15.0 Å². The van der Waals surface area contributed by atoms with Gasteiger partial charge in [0.15, 0.2) is 5.13 Å². The summed E-state index contributed by atoms with van der Waals surface area (Å²) in [6, 6.07) is 0.644. The van der Waals surface area contributed by atoms with Gasteiger partial charge in [0, 0.05) is 18.5 Å². The summed E-state index contributed by atoms with van der Waals surface area (Å²) in [5, 5.41) is 4.14. The van der Waals surface area contributed by atoms with Crippen molar-refractivity contribution >= 4 is 22.4 Å². The van der Waals surface area contributed by atoms with E-state index in [1.165, 1.54) is 6.42 Å². The summed E-state index contributed by atoms with van der Waals surface area (Å²) < 4.78 is 5.48. The van der Waals surface area contributed by atoms with Crippen LogP contribution in [0.2, 0.25) is 0 Å². The quantitative estimate of drug-likeness (QED) is 0.857. The molecule has 3 aliphatic rings. The van der Waals surface area contributed by atoms with Gasteiger partial charge >= 0.3 is 0 Å². The Labute approximate surface area is 122 Å². The predicted molar refractivity (Wildman–Crippen MR) is 77.6 cm³/mol. The number of aromatic nitrogens is 1. The number of ether oxygens (including phenoxy) is 1. The van der Waals surface area contributed by atoms with Crippen LogP contribution >= 0.6 is 11.3 Å². The number of carbonyl (C=O) groups is 1. The molecule has 2 aliphatic heterocycles. The van der Waals surface area contributed by atoms with E-state index < -0.39 is 0 Å². The molecule has 0 bridgehead atoms. The zero-order valence-electron chi connectivity index (χ0n) is 11.6. The highest BCUT2D eigenvalue weighted by Crippen LogP contribution is 2.42. The summed E-state index contributed by atoms with van der Waals surface area (Å²) in [7, 11) is 0. The molecular formula is C14H19N3O2S. The van der Waals surface area contributed by atoms with E-state index in [9.17, 15) is 4.79 Å². The van der Waals surface area contributed by atoms with E-state index in [-0.39, 0.29) is 5.91 Å². The topological polar surface area (TPSA) is 54.5 Å². The highest BCUT2D eigenvalue weighted by atomic mass is 32.1. The van der Waals surface area contributed by atoms with Crippen molar-refractivity contribution in [1.29, 1.82) is 0 Å². The van der Waals surface area contributed by atoms with Crippen LogP contribution in [-0.2, 0) is 4.74 Å². The minimum atomic E-state index is 0.0767. The zero-order valence-corrected chi connectivity index (χ0v) is 12.4. The number of nitrogens with zero attached hydrogens (tertiary/aromatic N) is 2. The van der Waals surface area contributed by atoms with Crippen LogP contribution in [0.1, 0.15) is 47.5 Å². The molecule has 108 valence electrons. The van der Waals surface area contributed by atoms with E-state index in [0.29, 0.717) is 18.0 Å². The summed E-state index contributed by atoms with van der Waals surface area (Å²) in [4.78, 5) is 20.2. The summed E-state index contributed by atoms with van der Waals surface area (Å²) in [6.07, 6.45) is 3.44. The number of morpholine rings is 1. The molecule has 1 aliphatic carbocycles. The number of fused-ring (bicyclic) bond motifs is 3. The van der Waals surface area contributed by atoms with E-state index in [4.69, 9.17) is 9.72 Å². The molecule has 0 radical (unpaired) electrons. The molecule has 1 amide bonds. The van der Waals surface area contributed by atoms with E-state index in [1.807, 2.05) is 0 Å². The van der Waals surface area contributed by atoms with Crippen molar-refractivity contribution in [2.45, 2.75) is 44.2 Å². The van der Waals surface area contributed by atoms with Gasteiger partial charge in [0.1, 0.15) is 4.88 Å². The van der Waals surface area contributed by atoms with Crippen LogP contribution in [0.25, 0.3) is 0 Å². The molecule has 3 atom stereocenters. The van der Waals surface area contributed by atoms with Crippen LogP contribution in [-0.4, -0.2) is 42.7 Å². The molecule has 3 heterocycles. The van der Waals surface area contributed by atoms with Crippen molar-refractivity contribution in [1.82, 2.24) is 10.3 Å². The second-order valence-electron chi connectivity index (χ2n) is 5.95. The first-order valence-corrected chi connectivity index (χ1v) is 8.21. The van der Waals surface area contributed by atoms with Gasteiger partial charge in [0.25, 0.3) is 5.91 Å². The summed E-state index contributed by atoms with van der Waals surface area (Å²) in [6.45, 7) is 4.50. The van der Waals surface area contributed by atoms with E-state index in [2.05, 4.69) is 17.1 Å². The van der Waals surface area contributed by atoms with Crippen molar-refractivity contribution in [2.75, 3.05) is 24.7 Å². The molecule has 5 nitrogen and oxygen atoms in total. The lowest BCUT2D eigenvalue weighted by Crippen LogP contribution is -2.43. The molecule has 3 unspecified atom stereocenters. The Morgan fingerprint density at radius 2 is 2.35 bits per heavy atom. The van der Waals surface area contributed by atoms with Crippen LogP contribution in [0.15, 0.2) is 0 Å². The molecule has 1 saturated heterocycles. The number of carbonyl (C=O) groups excluding carboxylic acids is 1. The average molecular weight is 293 g/mol. The SMILES string of the molecule is CC1COCCN1c1nc2c(s1)C(=O)NC1CCCC21. The monoisotopic (exact) mass is 293 g/mol. The van der Waals surface area contributed by atoms with E-state index in [1.54, 1.807) is 11.3 Å². The first-order valence-electron chi connectivity index (χ1n) is 7.40. The zero-order chi connectivity index (χ0) is 13.7. The predicted octanol–water partition coefficient (Wildman–Crippen LogP) is 1.75. The van der Waals surface area contributed by atoms with Gasteiger partial charge in [-0.15, -0.1) is 0 Å². The fourth-order valence-electron chi connectivity index (χ4n) is 3.56. The Morgan fingerprint density at radius 3 is 3.20 bits per heavy atom. The highest BCUT2D eigenvalue weighted by molar-refractivity contribution is 7.17. The normalized spacial score (nSPS) is 32.8. The second kappa shape index (κ2) is 4.70. The number of nitrogens with one attached hydrogen (secondary N) is 1. The van der Waals surface area contributed by atoms with Gasteiger partial charge in [0.05, 0.1) is 24.9 Å². The molecule has 0 aromatic carbocycles. The summed E-state index contributed by atoms with van der Waals surface area (Å²) >= 11 is 1.55. The third-order valence-corrected chi connectivity index (χ3v) is 5.75. The molecular weight excluding hydrogens is 274 g/mol.